The Balaban J connectivity index is 1.86. The number of hydrogen-bond acceptors (Lipinski definition) is 2. The minimum atomic E-state index is 0.511. The van der Waals surface area contributed by atoms with Gasteiger partial charge in [0.25, 0.3) is 0 Å². The van der Waals surface area contributed by atoms with Crippen molar-refractivity contribution in [3.8, 4) is 0 Å². The van der Waals surface area contributed by atoms with E-state index in [0.717, 1.165) is 18.8 Å². The smallest absolute Gasteiger partial charge is 0.0612 e. The molecule has 0 radical (unpaired) electrons. The SMILES string of the molecule is CC(C)c1ccccc1NCCNc1ccc(Cl)c(Cl)c1. The average molecular weight is 323 g/mol. The fourth-order valence-corrected chi connectivity index (χ4v) is 2.47. The molecular weight excluding hydrogens is 303 g/mol. The maximum absolute atomic E-state index is 5.99. The van der Waals surface area contributed by atoms with Gasteiger partial charge < -0.3 is 10.6 Å². The van der Waals surface area contributed by atoms with Crippen molar-refractivity contribution >= 4 is 34.6 Å². The summed E-state index contributed by atoms with van der Waals surface area (Å²) in [5.41, 5.74) is 3.51. The minimum Gasteiger partial charge on any atom is -0.383 e. The molecule has 0 spiro atoms. The van der Waals surface area contributed by atoms with Crippen LogP contribution in [0.25, 0.3) is 0 Å². The lowest BCUT2D eigenvalue weighted by atomic mass is 10.0. The Kier molecular flexibility index (Phi) is 5.77. The number of hydrogen-bond donors (Lipinski definition) is 2. The Morgan fingerprint density at radius 3 is 2.33 bits per heavy atom. The Morgan fingerprint density at radius 2 is 1.62 bits per heavy atom. The van der Waals surface area contributed by atoms with Crippen LogP contribution in [0.1, 0.15) is 25.3 Å². The second-order valence-electron chi connectivity index (χ2n) is 5.22. The molecule has 112 valence electrons. The summed E-state index contributed by atoms with van der Waals surface area (Å²) in [7, 11) is 0. The normalized spacial score (nSPS) is 10.7. The maximum Gasteiger partial charge on any atom is 0.0612 e. The summed E-state index contributed by atoms with van der Waals surface area (Å²) in [5, 5.41) is 7.94. The van der Waals surface area contributed by atoms with E-state index in [1.165, 1.54) is 11.3 Å². The van der Waals surface area contributed by atoms with E-state index in [2.05, 4.69) is 48.7 Å². The molecule has 2 rings (SSSR count). The lowest BCUT2D eigenvalue weighted by molar-refractivity contribution is 0.865. The van der Waals surface area contributed by atoms with Crippen molar-refractivity contribution in [1.29, 1.82) is 0 Å². The molecule has 2 N–H and O–H groups in total. The van der Waals surface area contributed by atoms with E-state index < -0.39 is 0 Å². The standard InChI is InChI=1S/C17H20Cl2N2/c1-12(2)14-5-3-4-6-17(14)21-10-9-20-13-7-8-15(18)16(19)11-13/h3-8,11-12,20-21H,9-10H2,1-2H3. The number of halogens is 2. The third kappa shape index (κ3) is 4.55. The van der Waals surface area contributed by atoms with Crippen molar-refractivity contribution < 1.29 is 0 Å². The predicted molar refractivity (Wildman–Crippen MR) is 94.0 cm³/mol. The van der Waals surface area contributed by atoms with E-state index in [-0.39, 0.29) is 0 Å². The van der Waals surface area contributed by atoms with Crippen LogP contribution in [0.5, 0.6) is 0 Å². The monoisotopic (exact) mass is 322 g/mol. The second-order valence-corrected chi connectivity index (χ2v) is 6.04. The summed E-state index contributed by atoms with van der Waals surface area (Å²) in [4.78, 5) is 0. The summed E-state index contributed by atoms with van der Waals surface area (Å²) >= 11 is 11.9. The molecule has 2 aromatic rings. The van der Waals surface area contributed by atoms with Crippen LogP contribution < -0.4 is 10.6 Å². The molecule has 0 aliphatic carbocycles. The van der Waals surface area contributed by atoms with Crippen molar-refractivity contribution in [2.24, 2.45) is 0 Å². The van der Waals surface area contributed by atoms with Gasteiger partial charge in [-0.1, -0.05) is 55.2 Å². The van der Waals surface area contributed by atoms with Crippen molar-refractivity contribution in [2.45, 2.75) is 19.8 Å². The van der Waals surface area contributed by atoms with Gasteiger partial charge in [0.05, 0.1) is 10.0 Å². The van der Waals surface area contributed by atoms with E-state index in [9.17, 15) is 0 Å². The van der Waals surface area contributed by atoms with Crippen LogP contribution in [0.15, 0.2) is 42.5 Å². The quantitative estimate of drug-likeness (QED) is 0.672. The molecule has 0 saturated heterocycles. The average Bonchev–Trinajstić information content (AvgIpc) is 2.47. The molecule has 0 atom stereocenters. The van der Waals surface area contributed by atoms with Crippen molar-refractivity contribution in [3.05, 3.63) is 58.1 Å². The molecular formula is C17H20Cl2N2. The molecule has 0 fully saturated rings. The summed E-state index contributed by atoms with van der Waals surface area (Å²) in [6.45, 7) is 6.05. The van der Waals surface area contributed by atoms with Gasteiger partial charge in [0.1, 0.15) is 0 Å². The zero-order chi connectivity index (χ0) is 15.2. The first-order valence-electron chi connectivity index (χ1n) is 7.09. The molecule has 21 heavy (non-hydrogen) atoms. The zero-order valence-corrected chi connectivity index (χ0v) is 13.8. The Morgan fingerprint density at radius 1 is 0.905 bits per heavy atom. The first-order valence-corrected chi connectivity index (χ1v) is 7.85. The Hall–Kier alpha value is -1.38. The van der Waals surface area contributed by atoms with Gasteiger partial charge in [-0.15, -0.1) is 0 Å². The summed E-state index contributed by atoms with van der Waals surface area (Å²) in [6.07, 6.45) is 0. The first kappa shape index (κ1) is 16.0. The van der Waals surface area contributed by atoms with Gasteiger partial charge in [0.2, 0.25) is 0 Å². The van der Waals surface area contributed by atoms with Crippen LogP contribution >= 0.6 is 23.2 Å². The van der Waals surface area contributed by atoms with Gasteiger partial charge in [-0.3, -0.25) is 0 Å². The number of rotatable bonds is 6. The van der Waals surface area contributed by atoms with Gasteiger partial charge >= 0.3 is 0 Å². The van der Waals surface area contributed by atoms with Crippen LogP contribution in [-0.4, -0.2) is 13.1 Å². The van der Waals surface area contributed by atoms with Gasteiger partial charge in [-0.05, 0) is 35.7 Å². The van der Waals surface area contributed by atoms with Crippen molar-refractivity contribution in [1.82, 2.24) is 0 Å². The predicted octanol–water partition coefficient (Wildman–Crippen LogP) is 5.64. The lowest BCUT2D eigenvalue weighted by Gasteiger charge is -2.15. The van der Waals surface area contributed by atoms with Crippen LogP contribution in [0.4, 0.5) is 11.4 Å². The highest BCUT2D eigenvalue weighted by Gasteiger charge is 2.04. The lowest BCUT2D eigenvalue weighted by Crippen LogP contribution is -2.14. The molecule has 0 heterocycles. The molecule has 0 aliphatic heterocycles. The molecule has 0 saturated carbocycles. The Bertz CT molecular complexity index is 597. The maximum atomic E-state index is 5.99. The highest BCUT2D eigenvalue weighted by atomic mass is 35.5. The van der Waals surface area contributed by atoms with Crippen molar-refractivity contribution in [2.75, 3.05) is 23.7 Å². The highest BCUT2D eigenvalue weighted by Crippen LogP contribution is 2.25. The van der Waals surface area contributed by atoms with Crippen LogP contribution in [0, 0.1) is 0 Å². The molecule has 0 aromatic heterocycles. The van der Waals surface area contributed by atoms with E-state index in [4.69, 9.17) is 23.2 Å². The molecule has 4 heteroatoms. The molecule has 0 aliphatic rings. The third-order valence-electron chi connectivity index (χ3n) is 3.27. The molecule has 2 aromatic carbocycles. The number of anilines is 2. The number of benzene rings is 2. The largest absolute Gasteiger partial charge is 0.383 e. The molecule has 0 bridgehead atoms. The molecule has 0 amide bonds. The highest BCUT2D eigenvalue weighted by molar-refractivity contribution is 6.42. The summed E-state index contributed by atoms with van der Waals surface area (Å²) in [5.74, 6) is 0.511. The number of para-hydroxylation sites is 1. The van der Waals surface area contributed by atoms with Crippen LogP contribution in [0.3, 0.4) is 0 Å². The summed E-state index contributed by atoms with van der Waals surface area (Å²) < 4.78 is 0. The zero-order valence-electron chi connectivity index (χ0n) is 12.3. The second kappa shape index (κ2) is 7.58. The van der Waals surface area contributed by atoms with E-state index in [0.29, 0.717) is 16.0 Å². The topological polar surface area (TPSA) is 24.1 Å². The number of nitrogens with one attached hydrogen (secondary N) is 2. The van der Waals surface area contributed by atoms with Crippen molar-refractivity contribution in [3.63, 3.8) is 0 Å². The molecule has 2 nitrogen and oxygen atoms in total. The van der Waals surface area contributed by atoms with E-state index in [1.54, 1.807) is 6.07 Å². The van der Waals surface area contributed by atoms with Crippen LogP contribution in [-0.2, 0) is 0 Å². The first-order chi connectivity index (χ1) is 10.1. The van der Waals surface area contributed by atoms with Gasteiger partial charge in [-0.2, -0.15) is 0 Å². The fourth-order valence-electron chi connectivity index (χ4n) is 2.17. The fraction of sp³-hybridized carbons (Fsp3) is 0.294. The van der Waals surface area contributed by atoms with Crippen LogP contribution in [0.2, 0.25) is 10.0 Å². The summed E-state index contributed by atoms with van der Waals surface area (Å²) in [6, 6.07) is 14.0. The van der Waals surface area contributed by atoms with Gasteiger partial charge in [0, 0.05) is 24.5 Å². The van der Waals surface area contributed by atoms with E-state index >= 15 is 0 Å². The molecule has 0 unspecified atom stereocenters. The Labute approximate surface area is 136 Å². The minimum absolute atomic E-state index is 0.511. The third-order valence-corrected chi connectivity index (χ3v) is 4.01. The van der Waals surface area contributed by atoms with Gasteiger partial charge in [0.15, 0.2) is 0 Å². The van der Waals surface area contributed by atoms with Gasteiger partial charge in [-0.25, -0.2) is 0 Å². The van der Waals surface area contributed by atoms with E-state index in [1.807, 2.05) is 12.1 Å².